The number of thioether (sulfide) groups is 1. The van der Waals surface area contributed by atoms with Gasteiger partial charge >= 0.3 is 7.82 Å². The molecule has 228 valence electrons. The van der Waals surface area contributed by atoms with Crippen molar-refractivity contribution >= 4 is 30.4 Å². The average Bonchev–Trinajstić information content (AvgIpc) is 3.48. The molecule has 8 heteroatoms. The number of rotatable bonds is 20. The van der Waals surface area contributed by atoms with E-state index in [9.17, 15) is 9.46 Å². The molecule has 0 spiro atoms. The van der Waals surface area contributed by atoms with Crippen LogP contribution in [0.15, 0.2) is 72.3 Å². The van der Waals surface area contributed by atoms with Gasteiger partial charge < -0.3 is 18.7 Å². The number of phosphoric acid groups is 1. The molecule has 3 aromatic carbocycles. The van der Waals surface area contributed by atoms with Gasteiger partial charge in [0.2, 0.25) is 0 Å². The summed E-state index contributed by atoms with van der Waals surface area (Å²) in [4.78, 5) is 12.6. The fourth-order valence-corrected chi connectivity index (χ4v) is 6.62. The van der Waals surface area contributed by atoms with Crippen molar-refractivity contribution < 1.29 is 23.2 Å². The molecule has 1 atom stereocenters. The Morgan fingerprint density at radius 3 is 2.05 bits per heavy atom. The van der Waals surface area contributed by atoms with Crippen LogP contribution in [0.3, 0.4) is 0 Å². The molecule has 0 fully saturated rings. The lowest BCUT2D eigenvalue weighted by molar-refractivity contribution is 0.291. The largest absolute Gasteiger partial charge is 0.584 e. The molecule has 0 saturated heterocycles. The van der Waals surface area contributed by atoms with Crippen LogP contribution in [-0.4, -0.2) is 22.3 Å². The van der Waals surface area contributed by atoms with Gasteiger partial charge in [-0.2, -0.15) is 0 Å². The zero-order valence-corrected chi connectivity index (χ0v) is 26.6. The van der Waals surface area contributed by atoms with Crippen LogP contribution < -0.4 is 13.8 Å². The number of hydrogen-bond donors (Lipinski definition) is 1. The maximum absolute atomic E-state index is 12.8. The maximum atomic E-state index is 12.8. The van der Waals surface area contributed by atoms with Gasteiger partial charge in [-0.15, -0.1) is 11.8 Å². The minimum Gasteiger partial charge on any atom is -0.494 e. The van der Waals surface area contributed by atoms with Crippen LogP contribution in [-0.2, 0) is 11.1 Å². The summed E-state index contributed by atoms with van der Waals surface area (Å²) in [6, 6.07) is 18.4. The standard InChI is InChI=1S/C34H46NO5PS/c1-2-3-4-5-6-7-8-9-10-11-12-13-22-38-32-19-17-30-18-20-34(26-31(30)25-32)40-41(36,37)39-33-16-14-15-29(24-33)27-35-21-23-42-28-35/h14-21,23-26H,2-13,22,27-28H2,1H3,(H,36,37). The number of unbranched alkanes of at least 4 members (excludes halogenated alkanes) is 11. The third kappa shape index (κ3) is 11.6. The highest BCUT2D eigenvalue weighted by atomic mass is 32.2. The monoisotopic (exact) mass is 611 g/mol. The number of phosphoric ester groups is 1. The van der Waals surface area contributed by atoms with E-state index in [1.54, 1.807) is 36.0 Å². The van der Waals surface area contributed by atoms with Crippen LogP contribution in [0.5, 0.6) is 17.2 Å². The van der Waals surface area contributed by atoms with Crippen molar-refractivity contribution in [2.75, 3.05) is 12.5 Å². The quantitative estimate of drug-likeness (QED) is 0.101. The Kier molecular flexibility index (Phi) is 13.5. The second kappa shape index (κ2) is 17.5. The molecule has 1 aliphatic rings. The van der Waals surface area contributed by atoms with Crippen molar-refractivity contribution in [3.05, 3.63) is 77.8 Å². The summed E-state index contributed by atoms with van der Waals surface area (Å²) in [6.07, 6.45) is 17.8. The number of nitrogens with zero attached hydrogens (tertiary/aromatic N) is 1. The van der Waals surface area contributed by atoms with Gasteiger partial charge in [0.15, 0.2) is 0 Å². The molecule has 0 radical (unpaired) electrons. The minimum atomic E-state index is -4.39. The molecule has 1 heterocycles. The van der Waals surface area contributed by atoms with Crippen molar-refractivity contribution in [3.63, 3.8) is 0 Å². The van der Waals surface area contributed by atoms with Gasteiger partial charge in [-0.25, -0.2) is 4.57 Å². The first-order valence-corrected chi connectivity index (χ1v) is 18.0. The summed E-state index contributed by atoms with van der Waals surface area (Å²) in [6.45, 7) is 3.65. The molecule has 0 aromatic heterocycles. The molecule has 1 N–H and O–H groups in total. The Labute approximate surface area is 256 Å². The van der Waals surface area contributed by atoms with E-state index in [1.807, 2.05) is 42.6 Å². The van der Waals surface area contributed by atoms with Gasteiger partial charge in [0, 0.05) is 12.7 Å². The molecule has 1 unspecified atom stereocenters. The molecule has 0 aliphatic carbocycles. The van der Waals surface area contributed by atoms with E-state index in [2.05, 4.69) is 17.2 Å². The van der Waals surface area contributed by atoms with Crippen LogP contribution in [0.25, 0.3) is 10.8 Å². The Hall–Kier alpha value is -2.60. The van der Waals surface area contributed by atoms with Gasteiger partial charge in [0.1, 0.15) is 17.2 Å². The molecule has 0 bridgehead atoms. The van der Waals surface area contributed by atoms with E-state index in [0.717, 1.165) is 34.4 Å². The van der Waals surface area contributed by atoms with Crippen molar-refractivity contribution in [1.29, 1.82) is 0 Å². The average molecular weight is 612 g/mol. The summed E-state index contributed by atoms with van der Waals surface area (Å²) in [7, 11) is -4.39. The number of benzene rings is 3. The lowest BCUT2D eigenvalue weighted by Gasteiger charge is -2.17. The molecule has 6 nitrogen and oxygen atoms in total. The Morgan fingerprint density at radius 1 is 0.762 bits per heavy atom. The van der Waals surface area contributed by atoms with Crippen molar-refractivity contribution in [3.8, 4) is 17.2 Å². The number of fused-ring (bicyclic) bond motifs is 1. The summed E-state index contributed by atoms with van der Waals surface area (Å²) in [5.74, 6) is 2.24. The number of ether oxygens (including phenoxy) is 1. The lowest BCUT2D eigenvalue weighted by Crippen LogP contribution is -2.12. The van der Waals surface area contributed by atoms with Crippen molar-refractivity contribution in [2.45, 2.75) is 90.5 Å². The van der Waals surface area contributed by atoms with E-state index < -0.39 is 7.82 Å². The second-order valence-electron chi connectivity index (χ2n) is 11.0. The molecule has 0 amide bonds. The van der Waals surface area contributed by atoms with E-state index >= 15 is 0 Å². The molecule has 4 rings (SSSR count). The summed E-state index contributed by atoms with van der Waals surface area (Å²) < 4.78 is 29.7. The molecular formula is C34H46NO5PS. The Balaban J connectivity index is 1.18. The zero-order valence-electron chi connectivity index (χ0n) is 24.9. The summed E-state index contributed by atoms with van der Waals surface area (Å²) in [5.41, 5.74) is 0.987. The molecular weight excluding hydrogens is 565 g/mol. The van der Waals surface area contributed by atoms with Crippen LogP contribution in [0.1, 0.15) is 89.5 Å². The Morgan fingerprint density at radius 2 is 1.38 bits per heavy atom. The second-order valence-corrected chi connectivity index (χ2v) is 13.2. The fraction of sp³-hybridized carbons (Fsp3) is 0.471. The van der Waals surface area contributed by atoms with E-state index in [0.29, 0.717) is 18.9 Å². The summed E-state index contributed by atoms with van der Waals surface area (Å²) in [5, 5.41) is 3.92. The minimum absolute atomic E-state index is 0.266. The van der Waals surface area contributed by atoms with Gasteiger partial charge in [-0.3, -0.25) is 4.89 Å². The lowest BCUT2D eigenvalue weighted by atomic mass is 10.1. The highest BCUT2D eigenvalue weighted by molar-refractivity contribution is 8.02. The highest BCUT2D eigenvalue weighted by Crippen LogP contribution is 2.45. The van der Waals surface area contributed by atoms with E-state index in [4.69, 9.17) is 13.8 Å². The van der Waals surface area contributed by atoms with E-state index in [-0.39, 0.29) is 5.75 Å². The van der Waals surface area contributed by atoms with Crippen LogP contribution in [0, 0.1) is 0 Å². The van der Waals surface area contributed by atoms with Crippen molar-refractivity contribution in [2.24, 2.45) is 0 Å². The predicted octanol–water partition coefficient (Wildman–Crippen LogP) is 10.5. The summed E-state index contributed by atoms with van der Waals surface area (Å²) >= 11 is 1.73. The smallest absolute Gasteiger partial charge is 0.494 e. The molecule has 3 aromatic rings. The first-order valence-electron chi connectivity index (χ1n) is 15.5. The van der Waals surface area contributed by atoms with Crippen molar-refractivity contribution in [1.82, 2.24) is 4.90 Å². The topological polar surface area (TPSA) is 68.2 Å². The van der Waals surface area contributed by atoms with Gasteiger partial charge in [0.05, 0.1) is 12.5 Å². The SMILES string of the molecule is CCCCCCCCCCCCCCOc1ccc2ccc(OP(=O)(O)Oc3cccc(CN4C=CSC4)c3)cc2c1. The van der Waals surface area contributed by atoms with Gasteiger partial charge in [0.25, 0.3) is 0 Å². The molecule has 1 aliphatic heterocycles. The molecule has 0 saturated carbocycles. The van der Waals surface area contributed by atoms with Crippen LogP contribution >= 0.6 is 19.6 Å². The Bertz CT molecular complexity index is 1320. The first-order chi connectivity index (χ1) is 20.5. The van der Waals surface area contributed by atoms with E-state index in [1.165, 1.54) is 70.6 Å². The van der Waals surface area contributed by atoms with Crippen LogP contribution in [0.4, 0.5) is 0 Å². The third-order valence-electron chi connectivity index (χ3n) is 7.38. The predicted molar refractivity (Wildman–Crippen MR) is 175 cm³/mol. The zero-order chi connectivity index (χ0) is 29.5. The first kappa shape index (κ1) is 32.3. The molecule has 42 heavy (non-hydrogen) atoms. The maximum Gasteiger partial charge on any atom is 0.584 e. The fourth-order valence-electron chi connectivity index (χ4n) is 5.11. The van der Waals surface area contributed by atoms with Gasteiger partial charge in [-0.1, -0.05) is 102 Å². The number of hydrogen-bond acceptors (Lipinski definition) is 6. The highest BCUT2D eigenvalue weighted by Gasteiger charge is 2.25. The third-order valence-corrected chi connectivity index (χ3v) is 9.06. The van der Waals surface area contributed by atoms with Gasteiger partial charge in [-0.05, 0) is 64.6 Å². The normalized spacial score (nSPS) is 14.3. The van der Waals surface area contributed by atoms with Crippen LogP contribution in [0.2, 0.25) is 0 Å².